The monoisotopic (exact) mass is 329 g/mol. The molecule has 0 unspecified atom stereocenters. The first kappa shape index (κ1) is 15.6. The minimum atomic E-state index is -0.243. The molecule has 4 nitrogen and oxygen atoms in total. The molecule has 1 heterocycles. The second-order valence-corrected chi connectivity index (χ2v) is 5.63. The van der Waals surface area contributed by atoms with Gasteiger partial charge in [-0.2, -0.15) is 0 Å². The Morgan fingerprint density at radius 2 is 1.91 bits per heavy atom. The van der Waals surface area contributed by atoms with Gasteiger partial charge in [-0.3, -0.25) is 4.79 Å². The predicted molar refractivity (Wildman–Crippen MR) is 88.6 cm³/mol. The van der Waals surface area contributed by atoms with Crippen molar-refractivity contribution in [2.24, 2.45) is 0 Å². The fourth-order valence-corrected chi connectivity index (χ4v) is 2.48. The lowest BCUT2D eigenvalue weighted by molar-refractivity contribution is -0.142. The van der Waals surface area contributed by atoms with Crippen LogP contribution in [0.15, 0.2) is 46.9 Å². The molecule has 0 bridgehead atoms. The lowest BCUT2D eigenvalue weighted by Gasteiger charge is -2.01. The molecule has 3 aromatic rings. The number of halogens is 1. The van der Waals surface area contributed by atoms with Crippen molar-refractivity contribution in [1.29, 1.82) is 0 Å². The van der Waals surface area contributed by atoms with Gasteiger partial charge in [0.05, 0.1) is 13.0 Å². The molecule has 0 saturated heterocycles. The average Bonchev–Trinajstić information content (AvgIpc) is 2.91. The van der Waals surface area contributed by atoms with Crippen molar-refractivity contribution in [3.63, 3.8) is 0 Å². The number of carbonyl (C=O) groups excluding carboxylic acids is 1. The van der Waals surface area contributed by atoms with Crippen LogP contribution in [0.5, 0.6) is 0 Å². The molecule has 0 aliphatic rings. The second kappa shape index (κ2) is 6.84. The molecular formula is C18H16ClNO3. The number of fused-ring (bicyclic) bond motifs is 1. The summed E-state index contributed by atoms with van der Waals surface area (Å²) in [4.78, 5) is 16.0. The zero-order valence-electron chi connectivity index (χ0n) is 12.7. The van der Waals surface area contributed by atoms with Crippen molar-refractivity contribution in [3.8, 4) is 0 Å². The maximum atomic E-state index is 11.5. The molecule has 2 aromatic carbocycles. The molecule has 5 heteroatoms. The van der Waals surface area contributed by atoms with Crippen molar-refractivity contribution in [1.82, 2.24) is 4.98 Å². The third kappa shape index (κ3) is 3.90. The van der Waals surface area contributed by atoms with Crippen LogP contribution in [-0.4, -0.2) is 17.6 Å². The molecule has 0 radical (unpaired) electrons. The average molecular weight is 330 g/mol. The Morgan fingerprint density at radius 1 is 1.17 bits per heavy atom. The number of ether oxygens (including phenoxy) is 1. The normalized spacial score (nSPS) is 10.9. The smallest absolute Gasteiger partial charge is 0.310 e. The van der Waals surface area contributed by atoms with E-state index in [0.29, 0.717) is 29.5 Å². The topological polar surface area (TPSA) is 52.3 Å². The number of nitrogens with zero attached hydrogens (tertiary/aromatic N) is 1. The van der Waals surface area contributed by atoms with E-state index in [2.05, 4.69) is 4.98 Å². The van der Waals surface area contributed by atoms with Crippen molar-refractivity contribution < 1.29 is 13.9 Å². The number of esters is 1. The first-order valence-corrected chi connectivity index (χ1v) is 7.80. The minimum absolute atomic E-state index is 0.233. The summed E-state index contributed by atoms with van der Waals surface area (Å²) in [5.41, 5.74) is 3.38. The van der Waals surface area contributed by atoms with Gasteiger partial charge >= 0.3 is 5.97 Å². The van der Waals surface area contributed by atoms with E-state index >= 15 is 0 Å². The van der Waals surface area contributed by atoms with Crippen LogP contribution < -0.4 is 0 Å². The standard InChI is InChI=1S/C18H16ClNO3/c1-2-22-18(21)11-13-5-8-15-16(9-13)23-17(20-15)10-12-3-6-14(19)7-4-12/h3-9H,2,10-11H2,1H3. The molecular weight excluding hydrogens is 314 g/mol. The lowest BCUT2D eigenvalue weighted by atomic mass is 10.1. The van der Waals surface area contributed by atoms with Crippen LogP contribution in [0, 0.1) is 0 Å². The fourth-order valence-electron chi connectivity index (χ4n) is 2.36. The number of carbonyl (C=O) groups is 1. The van der Waals surface area contributed by atoms with E-state index in [0.717, 1.165) is 16.6 Å². The Kier molecular flexibility index (Phi) is 4.63. The van der Waals surface area contributed by atoms with Gasteiger partial charge in [-0.15, -0.1) is 0 Å². The van der Waals surface area contributed by atoms with Gasteiger partial charge in [-0.25, -0.2) is 4.98 Å². The molecule has 118 valence electrons. The van der Waals surface area contributed by atoms with Gasteiger partial charge < -0.3 is 9.15 Å². The SMILES string of the molecule is CCOC(=O)Cc1ccc2nc(Cc3ccc(Cl)cc3)oc2c1. The van der Waals surface area contributed by atoms with Gasteiger partial charge in [0.25, 0.3) is 0 Å². The maximum Gasteiger partial charge on any atom is 0.310 e. The Bertz CT molecular complexity index is 824. The van der Waals surface area contributed by atoms with Crippen LogP contribution in [0.25, 0.3) is 11.1 Å². The van der Waals surface area contributed by atoms with Crippen LogP contribution in [0.4, 0.5) is 0 Å². The van der Waals surface area contributed by atoms with E-state index in [1.165, 1.54) is 0 Å². The number of oxazole rings is 1. The van der Waals surface area contributed by atoms with Crippen LogP contribution >= 0.6 is 11.6 Å². The largest absolute Gasteiger partial charge is 0.466 e. The van der Waals surface area contributed by atoms with Gasteiger partial charge in [-0.1, -0.05) is 29.8 Å². The zero-order chi connectivity index (χ0) is 16.2. The third-order valence-electron chi connectivity index (χ3n) is 3.42. The lowest BCUT2D eigenvalue weighted by Crippen LogP contribution is -2.07. The highest BCUT2D eigenvalue weighted by molar-refractivity contribution is 6.30. The Hall–Kier alpha value is -2.33. The minimum Gasteiger partial charge on any atom is -0.466 e. The van der Waals surface area contributed by atoms with Crippen LogP contribution in [0.2, 0.25) is 5.02 Å². The van der Waals surface area contributed by atoms with Crippen LogP contribution in [-0.2, 0) is 22.4 Å². The molecule has 0 aliphatic carbocycles. The number of rotatable bonds is 5. The van der Waals surface area contributed by atoms with E-state index < -0.39 is 0 Å². The Balaban J connectivity index is 1.78. The molecule has 3 rings (SSSR count). The number of hydrogen-bond donors (Lipinski definition) is 0. The predicted octanol–water partition coefficient (Wildman–Crippen LogP) is 4.18. The molecule has 0 aliphatic heterocycles. The summed E-state index contributed by atoms with van der Waals surface area (Å²) < 4.78 is 10.7. The van der Waals surface area contributed by atoms with Crippen LogP contribution in [0.3, 0.4) is 0 Å². The van der Waals surface area contributed by atoms with Gasteiger partial charge in [-0.05, 0) is 42.3 Å². The number of benzene rings is 2. The van der Waals surface area contributed by atoms with E-state index in [1.54, 1.807) is 6.92 Å². The molecule has 0 spiro atoms. The fraction of sp³-hybridized carbons (Fsp3) is 0.222. The van der Waals surface area contributed by atoms with Gasteiger partial charge in [0.15, 0.2) is 11.5 Å². The summed E-state index contributed by atoms with van der Waals surface area (Å²) >= 11 is 5.88. The molecule has 0 N–H and O–H groups in total. The van der Waals surface area contributed by atoms with Crippen LogP contribution in [0.1, 0.15) is 23.9 Å². The number of hydrogen-bond acceptors (Lipinski definition) is 4. The molecule has 0 atom stereocenters. The zero-order valence-corrected chi connectivity index (χ0v) is 13.5. The van der Waals surface area contributed by atoms with Gasteiger partial charge in [0.2, 0.25) is 0 Å². The molecule has 0 amide bonds. The number of aromatic nitrogens is 1. The van der Waals surface area contributed by atoms with Gasteiger partial charge in [0.1, 0.15) is 5.52 Å². The highest BCUT2D eigenvalue weighted by Crippen LogP contribution is 2.20. The van der Waals surface area contributed by atoms with Crippen molar-refractivity contribution in [2.45, 2.75) is 19.8 Å². The first-order valence-electron chi connectivity index (χ1n) is 7.42. The molecule has 23 heavy (non-hydrogen) atoms. The summed E-state index contributed by atoms with van der Waals surface area (Å²) in [7, 11) is 0. The van der Waals surface area contributed by atoms with Crippen molar-refractivity contribution >= 4 is 28.7 Å². The summed E-state index contributed by atoms with van der Waals surface area (Å²) in [5, 5.41) is 0.704. The first-order chi connectivity index (χ1) is 11.1. The van der Waals surface area contributed by atoms with Crippen molar-refractivity contribution in [3.05, 3.63) is 64.5 Å². The Morgan fingerprint density at radius 3 is 2.65 bits per heavy atom. The summed E-state index contributed by atoms with van der Waals surface area (Å²) in [6, 6.07) is 13.2. The second-order valence-electron chi connectivity index (χ2n) is 5.19. The van der Waals surface area contributed by atoms with Crippen molar-refractivity contribution in [2.75, 3.05) is 6.61 Å². The molecule has 0 fully saturated rings. The maximum absolute atomic E-state index is 11.5. The summed E-state index contributed by atoms with van der Waals surface area (Å²) in [6.45, 7) is 2.18. The van der Waals surface area contributed by atoms with Gasteiger partial charge in [0, 0.05) is 11.4 Å². The highest BCUT2D eigenvalue weighted by Gasteiger charge is 2.10. The molecule has 1 aromatic heterocycles. The third-order valence-corrected chi connectivity index (χ3v) is 3.67. The van der Waals surface area contributed by atoms with E-state index in [1.807, 2.05) is 42.5 Å². The molecule has 0 saturated carbocycles. The summed E-state index contributed by atoms with van der Waals surface area (Å²) in [5.74, 6) is 0.392. The van der Waals surface area contributed by atoms with E-state index in [-0.39, 0.29) is 12.4 Å². The highest BCUT2D eigenvalue weighted by atomic mass is 35.5. The van der Waals surface area contributed by atoms with E-state index in [4.69, 9.17) is 20.8 Å². The summed E-state index contributed by atoms with van der Waals surface area (Å²) in [6.07, 6.45) is 0.829. The Labute approximate surface area is 139 Å². The quantitative estimate of drug-likeness (QED) is 0.659. The van der Waals surface area contributed by atoms with E-state index in [9.17, 15) is 4.79 Å².